The molecule has 1 amide bonds. The van der Waals surface area contributed by atoms with Crippen molar-refractivity contribution in [1.29, 1.82) is 0 Å². The van der Waals surface area contributed by atoms with Gasteiger partial charge in [-0.2, -0.15) is 0 Å². The maximum absolute atomic E-state index is 12.6. The predicted octanol–water partition coefficient (Wildman–Crippen LogP) is 19.3. The summed E-state index contributed by atoms with van der Waals surface area (Å²) >= 11 is 0. The molecule has 0 rings (SSSR count). The van der Waals surface area contributed by atoms with Gasteiger partial charge < -0.3 is 20.6 Å². The highest BCUT2D eigenvalue weighted by Crippen LogP contribution is 2.19. The van der Waals surface area contributed by atoms with Crippen LogP contribution in [0, 0.1) is 0 Å². The highest BCUT2D eigenvalue weighted by molar-refractivity contribution is 5.76. The Kier molecular flexibility index (Phi) is 56.4. The third kappa shape index (κ3) is 52.7. The van der Waals surface area contributed by atoms with Gasteiger partial charge in [0.1, 0.15) is 0 Å². The van der Waals surface area contributed by atoms with Crippen molar-refractivity contribution in [3.8, 4) is 0 Å². The van der Waals surface area contributed by atoms with Gasteiger partial charge in [0.2, 0.25) is 5.91 Å². The summed E-state index contributed by atoms with van der Waals surface area (Å²) in [6, 6.07) is -0.655. The molecule has 0 aromatic heterocycles. The Balaban J connectivity index is 3.46. The van der Waals surface area contributed by atoms with Crippen LogP contribution in [-0.4, -0.2) is 46.1 Å². The van der Waals surface area contributed by atoms with E-state index in [-0.39, 0.29) is 18.9 Å². The van der Waals surface area contributed by atoms with Gasteiger partial charge in [-0.05, 0) is 12.8 Å². The zero-order valence-corrected chi connectivity index (χ0v) is 45.4. The normalized spacial score (nSPS) is 13.1. The zero-order chi connectivity index (χ0) is 47.9. The fourth-order valence-corrected chi connectivity index (χ4v) is 10.2. The molecule has 4 N–H and O–H groups in total. The fraction of sp³-hybridized carbons (Fsp3) is 0.984. The van der Waals surface area contributed by atoms with Gasteiger partial charge in [0.25, 0.3) is 0 Å². The van der Waals surface area contributed by atoms with E-state index in [9.17, 15) is 20.1 Å². The second-order valence-electron chi connectivity index (χ2n) is 21.7. The minimum absolute atomic E-state index is 0.0438. The summed E-state index contributed by atoms with van der Waals surface area (Å²) < 4.78 is 0. The number of hydrogen-bond donors (Lipinski definition) is 4. The second kappa shape index (κ2) is 56.9. The first-order chi connectivity index (χ1) is 32.5. The maximum Gasteiger partial charge on any atom is 0.222 e. The van der Waals surface area contributed by atoms with E-state index in [4.69, 9.17) is 0 Å². The lowest BCUT2D eigenvalue weighted by atomic mass is 10.0. The van der Waals surface area contributed by atoms with E-state index in [1.54, 1.807) is 0 Å². The quantitative estimate of drug-likeness (QED) is 0.0458. The highest BCUT2D eigenvalue weighted by atomic mass is 16.3. The zero-order valence-electron chi connectivity index (χ0n) is 45.4. The van der Waals surface area contributed by atoms with Gasteiger partial charge in [0.05, 0.1) is 31.3 Å². The van der Waals surface area contributed by atoms with Crippen LogP contribution in [0.2, 0.25) is 0 Å². The lowest BCUT2D eigenvalue weighted by Gasteiger charge is -2.23. The van der Waals surface area contributed by atoms with Crippen LogP contribution >= 0.6 is 0 Å². The first-order valence-corrected chi connectivity index (χ1v) is 30.8. The molecule has 0 aliphatic carbocycles. The van der Waals surface area contributed by atoms with Crippen LogP contribution in [0.4, 0.5) is 0 Å². The Morgan fingerprint density at radius 2 is 0.515 bits per heavy atom. The van der Waals surface area contributed by atoms with Crippen molar-refractivity contribution in [3.63, 3.8) is 0 Å². The molecule has 0 fully saturated rings. The Morgan fingerprint density at radius 1 is 0.318 bits per heavy atom. The van der Waals surface area contributed by atoms with Gasteiger partial charge >= 0.3 is 0 Å². The van der Waals surface area contributed by atoms with E-state index in [0.717, 1.165) is 25.7 Å². The number of unbranched alkanes of at least 4 members (excludes halogenated alkanes) is 49. The van der Waals surface area contributed by atoms with Gasteiger partial charge in [0, 0.05) is 0 Å². The molecule has 0 saturated carbocycles. The number of amides is 1. The molecule has 0 aromatic rings. The average molecular weight is 935 g/mol. The van der Waals surface area contributed by atoms with Crippen LogP contribution in [0.3, 0.4) is 0 Å². The van der Waals surface area contributed by atoms with E-state index in [2.05, 4.69) is 19.2 Å². The second-order valence-corrected chi connectivity index (χ2v) is 21.7. The summed E-state index contributed by atoms with van der Waals surface area (Å²) in [6.07, 6.45) is 70.0. The molecule has 0 aliphatic heterocycles. The summed E-state index contributed by atoms with van der Waals surface area (Å²) in [7, 11) is 0. The van der Waals surface area contributed by atoms with Crippen molar-refractivity contribution >= 4 is 5.91 Å². The molecular formula is C61H123NO4. The van der Waals surface area contributed by atoms with E-state index in [1.165, 1.54) is 302 Å². The summed E-state index contributed by atoms with van der Waals surface area (Å²) in [6.45, 7) is 4.32. The van der Waals surface area contributed by atoms with Gasteiger partial charge in [0.15, 0.2) is 0 Å². The van der Waals surface area contributed by atoms with E-state index >= 15 is 0 Å². The average Bonchev–Trinajstić information content (AvgIpc) is 3.31. The minimum atomic E-state index is -0.746. The molecule has 5 nitrogen and oxygen atoms in total. The molecule has 3 unspecified atom stereocenters. The number of rotatable bonds is 58. The molecule has 396 valence electrons. The molecule has 0 heterocycles. The molecule has 0 aliphatic rings. The monoisotopic (exact) mass is 934 g/mol. The lowest BCUT2D eigenvalue weighted by molar-refractivity contribution is -0.125. The first kappa shape index (κ1) is 65.3. The third-order valence-corrected chi connectivity index (χ3v) is 14.9. The number of carbonyl (C=O) groups excluding carboxylic acids is 1. The largest absolute Gasteiger partial charge is 0.394 e. The molecule has 5 heteroatoms. The first-order valence-electron chi connectivity index (χ1n) is 30.8. The van der Waals surface area contributed by atoms with E-state index in [1.807, 2.05) is 0 Å². The highest BCUT2D eigenvalue weighted by Gasteiger charge is 2.21. The molecule has 0 aromatic carbocycles. The summed E-state index contributed by atoms with van der Waals surface area (Å²) in [5.41, 5.74) is 0. The van der Waals surface area contributed by atoms with Crippen LogP contribution in [0.25, 0.3) is 0 Å². The summed E-state index contributed by atoms with van der Waals surface area (Å²) in [5.74, 6) is -0.273. The van der Waals surface area contributed by atoms with Crippen molar-refractivity contribution < 1.29 is 20.1 Å². The Bertz CT molecular complexity index is 898. The molecule has 0 bridgehead atoms. The smallest absolute Gasteiger partial charge is 0.222 e. The van der Waals surface area contributed by atoms with Gasteiger partial charge in [-0.3, -0.25) is 4.79 Å². The van der Waals surface area contributed by atoms with Gasteiger partial charge in [-0.1, -0.05) is 341 Å². The summed E-state index contributed by atoms with van der Waals surface area (Å²) in [5, 5.41) is 33.7. The fourth-order valence-electron chi connectivity index (χ4n) is 10.2. The Morgan fingerprint density at radius 3 is 0.727 bits per heavy atom. The summed E-state index contributed by atoms with van der Waals surface area (Å²) in [4.78, 5) is 12.6. The molecule has 0 spiro atoms. The Labute approximate surface area is 415 Å². The predicted molar refractivity (Wildman–Crippen MR) is 292 cm³/mol. The van der Waals surface area contributed by atoms with Crippen molar-refractivity contribution in [2.24, 2.45) is 0 Å². The van der Waals surface area contributed by atoms with Crippen LogP contribution in [-0.2, 0) is 4.79 Å². The maximum atomic E-state index is 12.6. The number of hydrogen-bond acceptors (Lipinski definition) is 4. The third-order valence-electron chi connectivity index (χ3n) is 14.9. The van der Waals surface area contributed by atoms with Crippen molar-refractivity contribution in [3.05, 3.63) is 0 Å². The Hall–Kier alpha value is -0.650. The van der Waals surface area contributed by atoms with Crippen LogP contribution in [0.15, 0.2) is 0 Å². The number of nitrogens with one attached hydrogen (secondary N) is 1. The minimum Gasteiger partial charge on any atom is -0.394 e. The number of aliphatic hydroxyl groups is 3. The van der Waals surface area contributed by atoms with E-state index < -0.39 is 18.2 Å². The number of carbonyl (C=O) groups is 1. The van der Waals surface area contributed by atoms with Crippen LogP contribution in [0.5, 0.6) is 0 Å². The van der Waals surface area contributed by atoms with Crippen molar-refractivity contribution in [1.82, 2.24) is 5.32 Å². The van der Waals surface area contributed by atoms with Crippen molar-refractivity contribution in [2.75, 3.05) is 6.61 Å². The van der Waals surface area contributed by atoms with Crippen molar-refractivity contribution in [2.45, 2.75) is 379 Å². The SMILES string of the molecule is CCCCCCCCCCCCCCCCCCCCCCCCCCCCCCC(O)CC(=O)NC(CO)C(O)CCCCCCCCCCCCCCCCCCCCCCCCC. The number of aliphatic hydroxyl groups excluding tert-OH is 3. The lowest BCUT2D eigenvalue weighted by Crippen LogP contribution is -2.46. The molecular weight excluding hydrogens is 811 g/mol. The van der Waals surface area contributed by atoms with E-state index in [0.29, 0.717) is 12.8 Å². The molecule has 3 atom stereocenters. The molecule has 0 radical (unpaired) electrons. The molecule has 66 heavy (non-hydrogen) atoms. The topological polar surface area (TPSA) is 89.8 Å². The van der Waals surface area contributed by atoms with Gasteiger partial charge in [-0.25, -0.2) is 0 Å². The van der Waals surface area contributed by atoms with Gasteiger partial charge in [-0.15, -0.1) is 0 Å². The molecule has 0 saturated heterocycles. The standard InChI is InChI=1S/C61H123NO4/c1-3-5-7-9-11-13-15-17-19-21-23-25-27-28-29-30-31-33-34-36-38-40-42-44-46-48-50-52-54-58(64)56-61(66)62-59(57-63)60(65)55-53-51-49-47-45-43-41-39-37-35-32-26-24-22-20-18-16-14-12-10-8-6-4-2/h58-60,63-65H,3-57H2,1-2H3,(H,62,66). The van der Waals surface area contributed by atoms with Crippen LogP contribution in [0.1, 0.15) is 361 Å². The van der Waals surface area contributed by atoms with Crippen LogP contribution < -0.4 is 5.32 Å².